The Morgan fingerprint density at radius 1 is 1.06 bits per heavy atom. The van der Waals surface area contributed by atoms with E-state index in [1.165, 1.54) is 32.1 Å². The van der Waals surface area contributed by atoms with Crippen molar-refractivity contribution < 1.29 is 14.0 Å². The van der Waals surface area contributed by atoms with Crippen LogP contribution in [0.3, 0.4) is 0 Å². The Morgan fingerprint density at radius 2 is 1.76 bits per heavy atom. The smallest absolute Gasteiger partial charge is 0.271 e. The molecule has 2 aromatic rings. The van der Waals surface area contributed by atoms with Gasteiger partial charge in [0.15, 0.2) is 5.58 Å². The maximum absolute atomic E-state index is 13.8. The number of hydrogen-bond donors (Lipinski definition) is 1. The lowest BCUT2D eigenvalue weighted by molar-refractivity contribution is -0.133. The molecule has 7 heteroatoms. The average Bonchev–Trinajstić information content (AvgIpc) is 3.19. The minimum absolute atomic E-state index is 0.0219. The molecular weight excluding hydrogens is 416 g/mol. The Kier molecular flexibility index (Phi) is 6.25. The first-order valence-corrected chi connectivity index (χ1v) is 12.9. The van der Waals surface area contributed by atoms with Crippen LogP contribution in [0.25, 0.3) is 11.1 Å². The van der Waals surface area contributed by atoms with Gasteiger partial charge in [-0.05, 0) is 52.6 Å². The van der Waals surface area contributed by atoms with Gasteiger partial charge in [-0.15, -0.1) is 0 Å². The van der Waals surface area contributed by atoms with Crippen molar-refractivity contribution in [3.05, 3.63) is 23.6 Å². The molecule has 0 radical (unpaired) electrons. The zero-order valence-corrected chi connectivity index (χ0v) is 20.2. The minimum atomic E-state index is -0.926. The summed E-state index contributed by atoms with van der Waals surface area (Å²) in [5.74, 6) is 0.729. The summed E-state index contributed by atoms with van der Waals surface area (Å²) in [5.41, 5.74) is 1.33. The molecule has 0 aromatic carbocycles. The predicted octanol–water partition coefficient (Wildman–Crippen LogP) is 4.08. The van der Waals surface area contributed by atoms with E-state index in [1.807, 2.05) is 35.4 Å². The number of fused-ring (bicyclic) bond motifs is 3. The predicted molar refractivity (Wildman–Crippen MR) is 128 cm³/mol. The Hall–Kier alpha value is -2.28. The molecule has 4 heterocycles. The quantitative estimate of drug-likeness (QED) is 0.739. The van der Waals surface area contributed by atoms with Crippen LogP contribution in [0.15, 0.2) is 16.5 Å². The third-order valence-corrected chi connectivity index (χ3v) is 8.01. The van der Waals surface area contributed by atoms with Gasteiger partial charge in [0, 0.05) is 31.3 Å². The molecule has 2 aliphatic heterocycles. The molecule has 1 unspecified atom stereocenters. The van der Waals surface area contributed by atoms with E-state index in [1.54, 1.807) is 0 Å². The monoisotopic (exact) mass is 454 g/mol. The van der Waals surface area contributed by atoms with Crippen LogP contribution < -0.4 is 5.32 Å². The van der Waals surface area contributed by atoms with Crippen LogP contribution in [-0.4, -0.2) is 63.9 Å². The standard InChI is InChI=1S/C26H38N4O3/c1-19-16-21-23(33-19)17-22-24(31)30(15-14-28-12-8-3-4-9-13-28)26(2,18-29(21)22)25(32)27-20-10-6-5-7-11-20/h16-17,20H,3-15,18H2,1-2H3,(H,27,32). The number of carbonyl (C=O) groups is 2. The van der Waals surface area contributed by atoms with Crippen molar-refractivity contribution in [1.29, 1.82) is 0 Å². The minimum Gasteiger partial charge on any atom is -0.460 e. The molecule has 3 aliphatic rings. The van der Waals surface area contributed by atoms with Crippen molar-refractivity contribution in [1.82, 2.24) is 19.7 Å². The van der Waals surface area contributed by atoms with Gasteiger partial charge in [0.25, 0.3) is 5.91 Å². The van der Waals surface area contributed by atoms with E-state index in [4.69, 9.17) is 4.42 Å². The molecule has 1 N–H and O–H groups in total. The van der Waals surface area contributed by atoms with Crippen molar-refractivity contribution in [3.8, 4) is 0 Å². The number of rotatable bonds is 5. The summed E-state index contributed by atoms with van der Waals surface area (Å²) in [6.07, 6.45) is 10.6. The maximum atomic E-state index is 13.8. The van der Waals surface area contributed by atoms with Crippen molar-refractivity contribution in [2.75, 3.05) is 26.2 Å². The lowest BCUT2D eigenvalue weighted by Gasteiger charge is -2.45. The number of nitrogens with one attached hydrogen (secondary N) is 1. The molecule has 7 nitrogen and oxygen atoms in total. The van der Waals surface area contributed by atoms with Gasteiger partial charge in [-0.1, -0.05) is 32.1 Å². The number of likely N-dealkylation sites (tertiary alicyclic amines) is 1. The van der Waals surface area contributed by atoms with Crippen LogP contribution in [0.5, 0.6) is 0 Å². The van der Waals surface area contributed by atoms with Gasteiger partial charge in [0.05, 0.1) is 12.1 Å². The fourth-order valence-corrected chi connectivity index (χ4v) is 6.00. The highest BCUT2D eigenvalue weighted by Crippen LogP contribution is 2.34. The fraction of sp³-hybridized carbons (Fsp3) is 0.692. The number of amides is 2. The SMILES string of the molecule is Cc1cc2c(cc3n2CC(C)(C(=O)NC2CCCCC2)N(CCN2CCCCCC2)C3=O)o1. The van der Waals surface area contributed by atoms with Crippen LogP contribution in [0, 0.1) is 6.92 Å². The Labute approximate surface area is 196 Å². The molecule has 1 atom stereocenters. The summed E-state index contributed by atoms with van der Waals surface area (Å²) >= 11 is 0. The second-order valence-corrected chi connectivity index (χ2v) is 10.5. The molecule has 5 rings (SSSR count). The van der Waals surface area contributed by atoms with Crippen molar-refractivity contribution in [2.45, 2.75) is 89.8 Å². The molecule has 1 aliphatic carbocycles. The largest absolute Gasteiger partial charge is 0.460 e. The van der Waals surface area contributed by atoms with E-state index in [9.17, 15) is 9.59 Å². The van der Waals surface area contributed by atoms with Gasteiger partial charge in [0.2, 0.25) is 5.91 Å². The first kappa shape index (κ1) is 22.5. The molecule has 2 aromatic heterocycles. The second-order valence-electron chi connectivity index (χ2n) is 10.5. The molecule has 1 saturated carbocycles. The lowest BCUT2D eigenvalue weighted by atomic mass is 9.91. The van der Waals surface area contributed by atoms with Crippen LogP contribution in [-0.2, 0) is 11.3 Å². The van der Waals surface area contributed by atoms with Gasteiger partial charge < -0.3 is 24.1 Å². The summed E-state index contributed by atoms with van der Waals surface area (Å²) in [6, 6.07) is 4.04. The van der Waals surface area contributed by atoms with E-state index in [0.717, 1.165) is 62.2 Å². The summed E-state index contributed by atoms with van der Waals surface area (Å²) < 4.78 is 7.82. The third-order valence-electron chi connectivity index (χ3n) is 8.01. The topological polar surface area (TPSA) is 70.7 Å². The molecule has 2 amide bonds. The highest BCUT2D eigenvalue weighted by molar-refractivity contribution is 6.03. The fourth-order valence-electron chi connectivity index (χ4n) is 6.00. The molecule has 180 valence electrons. The summed E-state index contributed by atoms with van der Waals surface area (Å²) in [4.78, 5) is 31.9. The zero-order chi connectivity index (χ0) is 23.0. The molecule has 0 bridgehead atoms. The molecule has 1 saturated heterocycles. The van der Waals surface area contributed by atoms with Crippen molar-refractivity contribution in [2.24, 2.45) is 0 Å². The first-order chi connectivity index (χ1) is 16.0. The normalized spacial score (nSPS) is 25.3. The summed E-state index contributed by atoms with van der Waals surface area (Å²) in [7, 11) is 0. The van der Waals surface area contributed by atoms with E-state index in [-0.39, 0.29) is 17.9 Å². The number of nitrogens with zero attached hydrogens (tertiary/aromatic N) is 3. The lowest BCUT2D eigenvalue weighted by Crippen LogP contribution is -2.65. The molecule has 33 heavy (non-hydrogen) atoms. The van der Waals surface area contributed by atoms with Crippen LogP contribution in [0.4, 0.5) is 0 Å². The van der Waals surface area contributed by atoms with Gasteiger partial charge >= 0.3 is 0 Å². The van der Waals surface area contributed by atoms with Crippen molar-refractivity contribution in [3.63, 3.8) is 0 Å². The summed E-state index contributed by atoms with van der Waals surface area (Å²) in [6.45, 7) is 7.86. The van der Waals surface area contributed by atoms with Gasteiger partial charge in [-0.2, -0.15) is 0 Å². The summed E-state index contributed by atoms with van der Waals surface area (Å²) in [5, 5.41) is 3.32. The van der Waals surface area contributed by atoms with Crippen LogP contribution >= 0.6 is 0 Å². The average molecular weight is 455 g/mol. The van der Waals surface area contributed by atoms with E-state index in [2.05, 4.69) is 10.2 Å². The Balaban J connectivity index is 1.43. The molecule has 0 spiro atoms. The van der Waals surface area contributed by atoms with Gasteiger partial charge in [-0.3, -0.25) is 9.59 Å². The molecular formula is C26H38N4O3. The number of carbonyl (C=O) groups excluding carboxylic acids is 2. The Morgan fingerprint density at radius 3 is 2.48 bits per heavy atom. The third kappa shape index (κ3) is 4.32. The van der Waals surface area contributed by atoms with E-state index < -0.39 is 5.54 Å². The number of furan rings is 1. The van der Waals surface area contributed by atoms with E-state index in [0.29, 0.717) is 18.8 Å². The van der Waals surface area contributed by atoms with E-state index >= 15 is 0 Å². The van der Waals surface area contributed by atoms with Gasteiger partial charge in [0.1, 0.15) is 17.0 Å². The molecule has 2 fully saturated rings. The maximum Gasteiger partial charge on any atom is 0.271 e. The zero-order valence-electron chi connectivity index (χ0n) is 20.2. The first-order valence-electron chi connectivity index (χ1n) is 12.9. The van der Waals surface area contributed by atoms with Gasteiger partial charge in [-0.25, -0.2) is 0 Å². The second kappa shape index (κ2) is 9.16. The highest BCUT2D eigenvalue weighted by Gasteiger charge is 2.48. The van der Waals surface area contributed by atoms with Crippen molar-refractivity contribution >= 4 is 22.9 Å². The Bertz CT molecular complexity index is 1010. The van der Waals surface area contributed by atoms with Crippen LogP contribution in [0.1, 0.15) is 81.0 Å². The number of aryl methyl sites for hydroxylation is 1. The number of hydrogen-bond acceptors (Lipinski definition) is 4. The highest BCUT2D eigenvalue weighted by atomic mass is 16.3. The number of aromatic nitrogens is 1. The van der Waals surface area contributed by atoms with Crippen LogP contribution in [0.2, 0.25) is 0 Å².